The van der Waals surface area contributed by atoms with Gasteiger partial charge in [-0.3, -0.25) is 0 Å². The highest BCUT2D eigenvalue weighted by Crippen LogP contribution is 2.31. The molecule has 0 N–H and O–H groups in total. The van der Waals surface area contributed by atoms with Gasteiger partial charge in [0.1, 0.15) is 11.4 Å². The van der Waals surface area contributed by atoms with Crippen LogP contribution in [0.25, 0.3) is 28.6 Å². The van der Waals surface area contributed by atoms with E-state index in [1.165, 1.54) is 0 Å². The lowest BCUT2D eigenvalue weighted by Gasteiger charge is -2.10. The minimum absolute atomic E-state index is 0.401. The third-order valence-electron chi connectivity index (χ3n) is 4.13. The number of rotatable bonds is 4. The van der Waals surface area contributed by atoms with Crippen molar-refractivity contribution in [3.63, 3.8) is 0 Å². The highest BCUT2D eigenvalue weighted by Gasteiger charge is 2.18. The van der Waals surface area contributed by atoms with E-state index in [4.69, 9.17) is 20.8 Å². The van der Waals surface area contributed by atoms with Gasteiger partial charge in [-0.05, 0) is 49.4 Å². The summed E-state index contributed by atoms with van der Waals surface area (Å²) in [5, 5.41) is 13.4. The molecule has 0 saturated carbocycles. The van der Waals surface area contributed by atoms with E-state index >= 15 is 0 Å². The van der Waals surface area contributed by atoms with Crippen LogP contribution in [0, 0.1) is 6.92 Å². The van der Waals surface area contributed by atoms with E-state index in [0.29, 0.717) is 22.6 Å². The fourth-order valence-electron chi connectivity index (χ4n) is 2.73. The predicted molar refractivity (Wildman–Crippen MR) is 106 cm³/mol. The number of methoxy groups -OCH3 is 1. The van der Waals surface area contributed by atoms with Crippen molar-refractivity contribution in [3.05, 3.63) is 63.9 Å². The normalized spacial score (nSPS) is 11.0. The summed E-state index contributed by atoms with van der Waals surface area (Å²) in [5.41, 5.74) is 3.16. The number of hydrogen-bond acceptors (Lipinski definition) is 5. The average molecular weight is 446 g/mol. The Morgan fingerprint density at radius 3 is 2.56 bits per heavy atom. The maximum absolute atomic E-state index is 6.14. The molecule has 2 heterocycles. The molecule has 6 nitrogen and oxygen atoms in total. The van der Waals surface area contributed by atoms with Crippen LogP contribution >= 0.6 is 27.5 Å². The van der Waals surface area contributed by atoms with E-state index < -0.39 is 0 Å². The molecule has 0 aliphatic heterocycles. The van der Waals surface area contributed by atoms with E-state index in [2.05, 4.69) is 31.2 Å². The van der Waals surface area contributed by atoms with Crippen LogP contribution in [0.3, 0.4) is 0 Å². The Kier molecular flexibility index (Phi) is 4.72. The van der Waals surface area contributed by atoms with Crippen LogP contribution in [0.2, 0.25) is 5.02 Å². The minimum atomic E-state index is 0.401. The number of nitrogens with zero attached hydrogens (tertiary/aromatic N) is 4. The largest absolute Gasteiger partial charge is 0.494 e. The first-order valence-electron chi connectivity index (χ1n) is 8.05. The standard InChI is InChI=1S/C19H14BrClN4O2/c1-11-15(10-22-25(11)16-9-14(21)7-8-17(16)26-2)19-24-23-18(27-19)12-3-5-13(20)6-4-12/h3-10H,1-2H3. The van der Waals surface area contributed by atoms with Gasteiger partial charge in [-0.2, -0.15) is 5.10 Å². The van der Waals surface area contributed by atoms with Crippen LogP contribution in [0.15, 0.2) is 57.6 Å². The molecule has 0 aliphatic rings. The zero-order valence-electron chi connectivity index (χ0n) is 14.5. The molecule has 0 amide bonds. The van der Waals surface area contributed by atoms with Gasteiger partial charge in [-0.1, -0.05) is 27.5 Å². The molecule has 27 heavy (non-hydrogen) atoms. The molecule has 136 valence electrons. The van der Waals surface area contributed by atoms with E-state index in [9.17, 15) is 0 Å². The Morgan fingerprint density at radius 1 is 1.07 bits per heavy atom. The molecule has 0 bridgehead atoms. The molecule has 0 spiro atoms. The van der Waals surface area contributed by atoms with Crippen molar-refractivity contribution in [1.29, 1.82) is 0 Å². The van der Waals surface area contributed by atoms with Crippen LogP contribution < -0.4 is 4.74 Å². The third kappa shape index (κ3) is 3.36. The summed E-state index contributed by atoms with van der Waals surface area (Å²) in [6, 6.07) is 13.0. The van der Waals surface area contributed by atoms with Gasteiger partial charge in [-0.25, -0.2) is 4.68 Å². The van der Waals surface area contributed by atoms with Gasteiger partial charge in [0.2, 0.25) is 5.89 Å². The highest BCUT2D eigenvalue weighted by atomic mass is 79.9. The van der Waals surface area contributed by atoms with Crippen LogP contribution in [-0.2, 0) is 0 Å². The number of aromatic nitrogens is 4. The predicted octanol–water partition coefficient (Wildman–Crippen LogP) is 5.32. The molecule has 0 unspecified atom stereocenters. The second-order valence-corrected chi connectivity index (χ2v) is 7.14. The molecule has 4 aromatic rings. The van der Waals surface area contributed by atoms with Crippen molar-refractivity contribution < 1.29 is 9.15 Å². The van der Waals surface area contributed by atoms with Crippen molar-refractivity contribution in [1.82, 2.24) is 20.0 Å². The molecular formula is C19H14BrClN4O2. The highest BCUT2D eigenvalue weighted by molar-refractivity contribution is 9.10. The summed E-state index contributed by atoms with van der Waals surface area (Å²) in [5.74, 6) is 1.51. The van der Waals surface area contributed by atoms with Gasteiger partial charge < -0.3 is 9.15 Å². The summed E-state index contributed by atoms with van der Waals surface area (Å²) in [6.45, 7) is 1.92. The van der Waals surface area contributed by atoms with Gasteiger partial charge in [0, 0.05) is 15.1 Å². The monoisotopic (exact) mass is 444 g/mol. The Morgan fingerprint density at radius 2 is 1.81 bits per heavy atom. The molecule has 0 atom stereocenters. The molecular weight excluding hydrogens is 432 g/mol. The van der Waals surface area contributed by atoms with Crippen molar-refractivity contribution in [2.24, 2.45) is 0 Å². The van der Waals surface area contributed by atoms with Gasteiger partial charge >= 0.3 is 0 Å². The molecule has 2 aromatic carbocycles. The fraction of sp³-hybridized carbons (Fsp3) is 0.105. The van der Waals surface area contributed by atoms with Gasteiger partial charge in [0.05, 0.1) is 24.6 Å². The average Bonchev–Trinajstić information content (AvgIpc) is 3.29. The number of ether oxygens (including phenoxy) is 1. The zero-order chi connectivity index (χ0) is 19.0. The zero-order valence-corrected chi connectivity index (χ0v) is 16.8. The fourth-order valence-corrected chi connectivity index (χ4v) is 3.16. The van der Waals surface area contributed by atoms with Gasteiger partial charge in [0.15, 0.2) is 0 Å². The molecule has 0 saturated heterocycles. The number of halogens is 2. The van der Waals surface area contributed by atoms with Crippen molar-refractivity contribution in [2.45, 2.75) is 6.92 Å². The van der Waals surface area contributed by atoms with Crippen molar-refractivity contribution in [3.8, 4) is 34.3 Å². The number of benzene rings is 2. The molecule has 0 aliphatic carbocycles. The Balaban J connectivity index is 1.73. The SMILES string of the molecule is COc1ccc(Cl)cc1-n1ncc(-c2nnc(-c3ccc(Br)cc3)o2)c1C. The maximum Gasteiger partial charge on any atom is 0.251 e. The lowest BCUT2D eigenvalue weighted by atomic mass is 10.2. The second kappa shape index (κ2) is 7.17. The summed E-state index contributed by atoms with van der Waals surface area (Å²) < 4.78 is 14.0. The Hall–Kier alpha value is -2.64. The molecule has 8 heteroatoms. The first-order valence-corrected chi connectivity index (χ1v) is 9.22. The first-order chi connectivity index (χ1) is 13.1. The lowest BCUT2D eigenvalue weighted by molar-refractivity contribution is 0.411. The van der Waals surface area contributed by atoms with Crippen LogP contribution in [0.4, 0.5) is 0 Å². The van der Waals surface area contributed by atoms with Gasteiger partial charge in [0.25, 0.3) is 5.89 Å². The van der Waals surface area contributed by atoms with Crippen LogP contribution in [0.1, 0.15) is 5.69 Å². The summed E-state index contributed by atoms with van der Waals surface area (Å²) in [4.78, 5) is 0. The first kappa shape index (κ1) is 17.8. The van der Waals surface area contributed by atoms with Gasteiger partial charge in [-0.15, -0.1) is 10.2 Å². The molecule has 0 fully saturated rings. The smallest absolute Gasteiger partial charge is 0.251 e. The minimum Gasteiger partial charge on any atom is -0.494 e. The summed E-state index contributed by atoms with van der Waals surface area (Å²) in [7, 11) is 1.61. The molecule has 0 radical (unpaired) electrons. The van der Waals surface area contributed by atoms with E-state index in [-0.39, 0.29) is 0 Å². The van der Waals surface area contributed by atoms with Crippen LogP contribution in [-0.4, -0.2) is 27.1 Å². The quantitative estimate of drug-likeness (QED) is 0.425. The Bertz CT molecular complexity index is 1110. The number of hydrogen-bond donors (Lipinski definition) is 0. The maximum atomic E-state index is 6.14. The van der Waals surface area contributed by atoms with Crippen molar-refractivity contribution >= 4 is 27.5 Å². The Labute approximate surface area is 168 Å². The van der Waals surface area contributed by atoms with E-state index in [1.54, 1.807) is 36.2 Å². The van der Waals surface area contributed by atoms with Crippen molar-refractivity contribution in [2.75, 3.05) is 7.11 Å². The summed E-state index contributed by atoms with van der Waals surface area (Å²) >= 11 is 9.56. The van der Waals surface area contributed by atoms with E-state index in [0.717, 1.165) is 27.0 Å². The molecule has 4 rings (SSSR count). The van der Waals surface area contributed by atoms with Crippen LogP contribution in [0.5, 0.6) is 5.75 Å². The topological polar surface area (TPSA) is 66.0 Å². The third-order valence-corrected chi connectivity index (χ3v) is 4.89. The lowest BCUT2D eigenvalue weighted by Crippen LogP contribution is -2.02. The second-order valence-electron chi connectivity index (χ2n) is 5.79. The molecule has 2 aromatic heterocycles. The summed E-state index contributed by atoms with van der Waals surface area (Å²) in [6.07, 6.45) is 1.69. The van der Waals surface area contributed by atoms with E-state index in [1.807, 2.05) is 31.2 Å².